The number of ether oxygens (including phenoxy) is 1. The maximum atomic E-state index is 12.7. The van der Waals surface area contributed by atoms with E-state index in [0.717, 1.165) is 24.2 Å². The second-order valence-corrected chi connectivity index (χ2v) is 9.12. The summed E-state index contributed by atoms with van der Waals surface area (Å²) in [7, 11) is -3.74. The fourth-order valence-electron chi connectivity index (χ4n) is 2.68. The van der Waals surface area contributed by atoms with Crippen molar-refractivity contribution >= 4 is 50.5 Å². The number of esters is 1. The Morgan fingerprint density at radius 1 is 1.22 bits per heavy atom. The number of amides is 1. The van der Waals surface area contributed by atoms with Crippen molar-refractivity contribution in [3.05, 3.63) is 45.6 Å². The third-order valence-electron chi connectivity index (χ3n) is 3.94. The summed E-state index contributed by atoms with van der Waals surface area (Å²) in [5.74, 6) is -1.39. The maximum absolute atomic E-state index is 12.7. The van der Waals surface area contributed by atoms with E-state index in [2.05, 4.69) is 5.32 Å². The minimum absolute atomic E-state index is 0.0301. The lowest BCUT2D eigenvalue weighted by Crippen LogP contribution is -2.29. The van der Waals surface area contributed by atoms with Gasteiger partial charge in [-0.15, -0.1) is 11.3 Å². The molecule has 0 atom stereocenters. The van der Waals surface area contributed by atoms with Crippen LogP contribution >= 0.6 is 22.9 Å². The molecular formula is C17H17ClN2O5S2. The van der Waals surface area contributed by atoms with Crippen LogP contribution in [0.25, 0.3) is 0 Å². The van der Waals surface area contributed by atoms with Crippen LogP contribution in [-0.2, 0) is 19.6 Å². The first-order valence-corrected chi connectivity index (χ1v) is 10.9. The highest BCUT2D eigenvalue weighted by atomic mass is 35.5. The van der Waals surface area contributed by atoms with E-state index in [1.807, 2.05) is 0 Å². The molecule has 3 rings (SSSR count). The van der Waals surface area contributed by atoms with Gasteiger partial charge in [0.1, 0.15) is 9.77 Å². The summed E-state index contributed by atoms with van der Waals surface area (Å²) in [4.78, 5) is 24.1. The number of nitrogens with one attached hydrogen (secondary N) is 1. The van der Waals surface area contributed by atoms with E-state index >= 15 is 0 Å². The topological polar surface area (TPSA) is 92.8 Å². The molecule has 0 radical (unpaired) electrons. The third kappa shape index (κ3) is 4.67. The highest BCUT2D eigenvalue weighted by Gasteiger charge is 2.32. The van der Waals surface area contributed by atoms with Crippen molar-refractivity contribution in [2.24, 2.45) is 0 Å². The lowest BCUT2D eigenvalue weighted by atomic mass is 10.3. The molecule has 2 aromatic rings. The Labute approximate surface area is 165 Å². The van der Waals surface area contributed by atoms with Crippen LogP contribution in [0.15, 0.2) is 40.6 Å². The van der Waals surface area contributed by atoms with Gasteiger partial charge in [0.05, 0.1) is 0 Å². The first kappa shape index (κ1) is 19.8. The molecule has 1 aromatic carbocycles. The number of nitrogens with zero attached hydrogens (tertiary/aromatic N) is 1. The molecular weight excluding hydrogens is 412 g/mol. The van der Waals surface area contributed by atoms with Crippen molar-refractivity contribution in [1.29, 1.82) is 0 Å². The zero-order valence-corrected chi connectivity index (χ0v) is 16.6. The largest absolute Gasteiger partial charge is 0.451 e. The van der Waals surface area contributed by atoms with Gasteiger partial charge in [0.15, 0.2) is 6.61 Å². The van der Waals surface area contributed by atoms with Gasteiger partial charge in [-0.2, -0.15) is 4.31 Å². The average molecular weight is 429 g/mol. The molecule has 0 saturated carbocycles. The second kappa shape index (κ2) is 8.39. The van der Waals surface area contributed by atoms with E-state index in [-0.39, 0.29) is 9.77 Å². The molecule has 10 heteroatoms. The Morgan fingerprint density at radius 3 is 2.67 bits per heavy atom. The van der Waals surface area contributed by atoms with Gasteiger partial charge in [-0.3, -0.25) is 4.79 Å². The number of anilines is 1. The molecule has 7 nitrogen and oxygen atoms in total. The smallest absolute Gasteiger partial charge is 0.350 e. The van der Waals surface area contributed by atoms with Gasteiger partial charge in [-0.25, -0.2) is 13.2 Å². The quantitative estimate of drug-likeness (QED) is 0.714. The Bertz CT molecular complexity index is 952. The molecule has 2 heterocycles. The molecule has 0 aliphatic carbocycles. The summed E-state index contributed by atoms with van der Waals surface area (Å²) in [6.07, 6.45) is 1.60. The minimum Gasteiger partial charge on any atom is -0.451 e. The summed E-state index contributed by atoms with van der Waals surface area (Å²) >= 11 is 6.81. The Kier molecular flexibility index (Phi) is 6.15. The van der Waals surface area contributed by atoms with Crippen LogP contribution in [0.3, 0.4) is 0 Å². The van der Waals surface area contributed by atoms with Crippen LogP contribution < -0.4 is 5.32 Å². The van der Waals surface area contributed by atoms with Crippen molar-refractivity contribution in [2.45, 2.75) is 17.7 Å². The summed E-state index contributed by atoms with van der Waals surface area (Å²) in [5, 5.41) is 4.53. The first-order chi connectivity index (χ1) is 12.9. The van der Waals surface area contributed by atoms with Crippen LogP contribution in [0.5, 0.6) is 0 Å². The molecule has 1 aliphatic rings. The summed E-state index contributed by atoms with van der Waals surface area (Å²) in [6, 6.07) is 7.93. The van der Waals surface area contributed by atoms with Crippen LogP contribution in [0, 0.1) is 0 Å². The summed E-state index contributed by atoms with van der Waals surface area (Å²) in [6.45, 7) is 0.343. The van der Waals surface area contributed by atoms with Crippen molar-refractivity contribution < 1.29 is 22.7 Å². The molecule has 1 aromatic heterocycles. The Morgan fingerprint density at radius 2 is 1.96 bits per heavy atom. The summed E-state index contributed by atoms with van der Waals surface area (Å²) in [5.41, 5.74) is 0.469. The van der Waals surface area contributed by atoms with Crippen molar-refractivity contribution in [1.82, 2.24) is 4.31 Å². The zero-order chi connectivity index (χ0) is 19.4. The fourth-order valence-corrected chi connectivity index (χ4v) is 5.67. The van der Waals surface area contributed by atoms with E-state index in [0.29, 0.717) is 23.8 Å². The lowest BCUT2D eigenvalue weighted by molar-refractivity contribution is -0.119. The monoisotopic (exact) mass is 428 g/mol. The van der Waals surface area contributed by atoms with Gasteiger partial charge >= 0.3 is 5.97 Å². The molecule has 1 amide bonds. The predicted molar refractivity (Wildman–Crippen MR) is 103 cm³/mol. The predicted octanol–water partition coefficient (Wildman–Crippen LogP) is 2.98. The number of halogens is 1. The van der Waals surface area contributed by atoms with E-state index in [1.54, 1.807) is 24.3 Å². The highest BCUT2D eigenvalue weighted by Crippen LogP contribution is 2.28. The van der Waals surface area contributed by atoms with Crippen molar-refractivity contribution in [2.75, 3.05) is 25.0 Å². The molecule has 1 aliphatic heterocycles. The fraction of sp³-hybridized carbons (Fsp3) is 0.294. The average Bonchev–Trinajstić information content (AvgIpc) is 3.31. The maximum Gasteiger partial charge on any atom is 0.350 e. The van der Waals surface area contributed by atoms with E-state index in [9.17, 15) is 18.0 Å². The Balaban J connectivity index is 1.64. The molecule has 27 heavy (non-hydrogen) atoms. The standard InChI is InChI=1S/C17H17ClN2O5S2/c18-12-4-3-5-13(10-12)19-15(21)11-25-17(22)16-14(6-9-26-16)27(23,24)20-7-1-2-8-20/h3-6,9-10H,1-2,7-8,11H2,(H,19,21). The second-order valence-electron chi connectivity index (χ2n) is 5.86. The normalized spacial score (nSPS) is 14.9. The Hall–Kier alpha value is -1.94. The van der Waals surface area contributed by atoms with Gasteiger partial charge in [0, 0.05) is 23.8 Å². The number of sulfonamides is 1. The van der Waals surface area contributed by atoms with Gasteiger partial charge in [-0.1, -0.05) is 17.7 Å². The SMILES string of the molecule is O=C(COC(=O)c1sccc1S(=O)(=O)N1CCCC1)Nc1cccc(Cl)c1. The number of carbonyl (C=O) groups excluding carboxylic acids is 2. The van der Waals surface area contributed by atoms with Gasteiger partial charge in [0.25, 0.3) is 5.91 Å². The minimum atomic E-state index is -3.74. The molecule has 0 unspecified atom stereocenters. The molecule has 1 saturated heterocycles. The van der Waals surface area contributed by atoms with Crippen molar-refractivity contribution in [3.63, 3.8) is 0 Å². The molecule has 1 N–H and O–H groups in total. The van der Waals surface area contributed by atoms with Gasteiger partial charge in [-0.05, 0) is 42.5 Å². The molecule has 0 spiro atoms. The van der Waals surface area contributed by atoms with E-state index in [1.165, 1.54) is 15.8 Å². The number of rotatable bonds is 6. The summed E-state index contributed by atoms with van der Waals surface area (Å²) < 4.78 is 31.7. The van der Waals surface area contributed by atoms with Gasteiger partial charge < -0.3 is 10.1 Å². The third-order valence-corrected chi connectivity index (χ3v) is 7.14. The van der Waals surface area contributed by atoms with E-state index in [4.69, 9.17) is 16.3 Å². The number of hydrogen-bond donors (Lipinski definition) is 1. The lowest BCUT2D eigenvalue weighted by Gasteiger charge is -2.15. The van der Waals surface area contributed by atoms with Crippen LogP contribution in [-0.4, -0.2) is 44.3 Å². The van der Waals surface area contributed by atoms with Crippen LogP contribution in [0.2, 0.25) is 5.02 Å². The number of benzene rings is 1. The van der Waals surface area contributed by atoms with Gasteiger partial charge in [0.2, 0.25) is 10.0 Å². The van der Waals surface area contributed by atoms with Crippen LogP contribution in [0.4, 0.5) is 5.69 Å². The van der Waals surface area contributed by atoms with Crippen LogP contribution in [0.1, 0.15) is 22.5 Å². The zero-order valence-electron chi connectivity index (χ0n) is 14.2. The van der Waals surface area contributed by atoms with Crippen molar-refractivity contribution in [3.8, 4) is 0 Å². The number of carbonyl (C=O) groups is 2. The van der Waals surface area contributed by atoms with E-state index < -0.39 is 28.5 Å². The molecule has 1 fully saturated rings. The first-order valence-electron chi connectivity index (χ1n) is 8.18. The number of thiophene rings is 1. The highest BCUT2D eigenvalue weighted by molar-refractivity contribution is 7.89. The molecule has 0 bridgehead atoms. The number of hydrogen-bond acceptors (Lipinski definition) is 6. The molecule has 144 valence electrons.